The largest absolute Gasteiger partial charge is 0.358 e. The number of likely N-dealkylation sites (tertiary alicyclic amines) is 1. The topological polar surface area (TPSA) is 103 Å². The van der Waals surface area contributed by atoms with Crippen LogP contribution in [0.4, 0.5) is 5.82 Å². The minimum absolute atomic E-state index is 0.0284. The van der Waals surface area contributed by atoms with Gasteiger partial charge in [0.1, 0.15) is 18.4 Å². The first kappa shape index (κ1) is 31.7. The molecule has 6 rings (SSSR count). The number of amides is 1. The Labute approximate surface area is 261 Å². The number of benzene rings is 2. The number of hydrogen-bond acceptors (Lipinski definition) is 6. The molecule has 8 heteroatoms. The van der Waals surface area contributed by atoms with E-state index in [1.54, 1.807) is 4.57 Å². The zero-order chi connectivity index (χ0) is 30.9. The number of carbonyl (C=O) groups is 1. The summed E-state index contributed by atoms with van der Waals surface area (Å²) in [6, 6.07) is 19.8. The summed E-state index contributed by atoms with van der Waals surface area (Å²) in [7, 11) is 2.16. The smallest absolute Gasteiger partial charge is 0.350 e. The van der Waals surface area contributed by atoms with Gasteiger partial charge in [-0.3, -0.25) is 9.36 Å². The van der Waals surface area contributed by atoms with Crippen molar-refractivity contribution in [3.05, 3.63) is 70.6 Å². The van der Waals surface area contributed by atoms with E-state index in [0.717, 1.165) is 55.6 Å². The molecule has 1 aliphatic heterocycles. The number of carbonyl (C=O) groups excluding carboxylic acids is 1. The third-order valence-corrected chi connectivity index (χ3v) is 10.2. The molecular formula is C36H48N6O2. The molecule has 1 saturated heterocycles. The van der Waals surface area contributed by atoms with Gasteiger partial charge in [0, 0.05) is 11.9 Å². The molecule has 3 aliphatic rings. The van der Waals surface area contributed by atoms with Crippen LogP contribution in [-0.4, -0.2) is 53.1 Å². The second kappa shape index (κ2) is 14.9. The highest BCUT2D eigenvalue weighted by Gasteiger charge is 2.46. The highest BCUT2D eigenvalue weighted by Crippen LogP contribution is 2.56. The SMILES string of the molecule is CCc1ccccc1.CN1CCC(CCn2c(=O)nc(N[C@@H](CC34CCC(CC3)C4)C(=O)NCC#N)c3ccccc32)CC1. The minimum atomic E-state index is -0.527. The van der Waals surface area contributed by atoms with Crippen molar-refractivity contribution in [3.8, 4) is 6.07 Å². The van der Waals surface area contributed by atoms with Crippen LogP contribution < -0.4 is 16.3 Å². The highest BCUT2D eigenvalue weighted by molar-refractivity contribution is 5.92. The van der Waals surface area contributed by atoms with Gasteiger partial charge in [0.05, 0.1) is 11.6 Å². The first-order valence-corrected chi connectivity index (χ1v) is 16.5. The molecule has 2 aromatic carbocycles. The van der Waals surface area contributed by atoms with Gasteiger partial charge in [-0.1, -0.05) is 49.4 Å². The van der Waals surface area contributed by atoms with Gasteiger partial charge in [0.2, 0.25) is 5.91 Å². The lowest BCUT2D eigenvalue weighted by molar-refractivity contribution is -0.122. The molecule has 2 N–H and O–H groups in total. The number of anilines is 1. The molecule has 1 atom stereocenters. The Morgan fingerprint density at radius 3 is 2.41 bits per heavy atom. The summed E-state index contributed by atoms with van der Waals surface area (Å²) in [6.45, 7) is 5.00. The van der Waals surface area contributed by atoms with Crippen molar-refractivity contribution in [1.29, 1.82) is 5.26 Å². The Hall–Kier alpha value is -3.70. The predicted octanol–water partition coefficient (Wildman–Crippen LogP) is 5.77. The Balaban J connectivity index is 0.000000418. The van der Waals surface area contributed by atoms with E-state index in [2.05, 4.69) is 58.8 Å². The lowest BCUT2D eigenvalue weighted by atomic mass is 9.78. The molecule has 2 bridgehead atoms. The van der Waals surface area contributed by atoms with Gasteiger partial charge in [0.15, 0.2) is 0 Å². The first-order chi connectivity index (χ1) is 21.4. The molecule has 0 radical (unpaired) electrons. The van der Waals surface area contributed by atoms with Gasteiger partial charge in [0.25, 0.3) is 0 Å². The third kappa shape index (κ3) is 7.87. The minimum Gasteiger partial charge on any atom is -0.358 e. The summed E-state index contributed by atoms with van der Waals surface area (Å²) in [5.74, 6) is 1.67. The Bertz CT molecular complexity index is 1480. The molecule has 3 aromatic rings. The molecular weight excluding hydrogens is 548 g/mol. The lowest BCUT2D eigenvalue weighted by Crippen LogP contribution is -2.43. The van der Waals surface area contributed by atoms with Crippen LogP contribution in [-0.2, 0) is 17.8 Å². The molecule has 234 valence electrons. The van der Waals surface area contributed by atoms with Crippen LogP contribution in [0.2, 0.25) is 0 Å². The number of para-hydroxylation sites is 1. The Kier molecular flexibility index (Phi) is 10.7. The van der Waals surface area contributed by atoms with Gasteiger partial charge in [-0.15, -0.1) is 0 Å². The molecule has 3 fully saturated rings. The van der Waals surface area contributed by atoms with E-state index in [1.165, 1.54) is 37.7 Å². The zero-order valence-corrected chi connectivity index (χ0v) is 26.4. The average molecular weight is 597 g/mol. The second-order valence-corrected chi connectivity index (χ2v) is 13.2. The fourth-order valence-corrected chi connectivity index (χ4v) is 7.59. The summed E-state index contributed by atoms with van der Waals surface area (Å²) in [4.78, 5) is 33.2. The number of nitrogens with zero attached hydrogens (tertiary/aromatic N) is 4. The van der Waals surface area contributed by atoms with Gasteiger partial charge < -0.3 is 15.5 Å². The quantitative estimate of drug-likeness (QED) is 0.288. The maximum atomic E-state index is 13.2. The van der Waals surface area contributed by atoms with Crippen LogP contribution in [0.3, 0.4) is 0 Å². The normalized spacial score (nSPS) is 22.2. The van der Waals surface area contributed by atoms with Gasteiger partial charge >= 0.3 is 5.69 Å². The van der Waals surface area contributed by atoms with Crippen molar-refractivity contribution in [1.82, 2.24) is 19.8 Å². The van der Waals surface area contributed by atoms with E-state index >= 15 is 0 Å². The van der Waals surface area contributed by atoms with Crippen LogP contribution in [0.25, 0.3) is 10.9 Å². The molecule has 0 spiro atoms. The van der Waals surface area contributed by atoms with Crippen LogP contribution in [0, 0.1) is 28.6 Å². The predicted molar refractivity (Wildman–Crippen MR) is 176 cm³/mol. The fraction of sp³-hybridized carbons (Fsp3) is 0.556. The van der Waals surface area contributed by atoms with Crippen LogP contribution in [0.5, 0.6) is 0 Å². The molecule has 0 unspecified atom stereocenters. The number of rotatable bonds is 10. The molecule has 8 nitrogen and oxygen atoms in total. The molecule has 2 aliphatic carbocycles. The molecule has 2 heterocycles. The Morgan fingerprint density at radius 2 is 1.77 bits per heavy atom. The number of piperidine rings is 1. The fourth-order valence-electron chi connectivity index (χ4n) is 7.59. The summed E-state index contributed by atoms with van der Waals surface area (Å²) in [5.41, 5.74) is 2.15. The number of aromatic nitrogens is 2. The van der Waals surface area contributed by atoms with Crippen molar-refractivity contribution < 1.29 is 4.79 Å². The van der Waals surface area contributed by atoms with E-state index in [9.17, 15) is 9.59 Å². The highest BCUT2D eigenvalue weighted by atomic mass is 16.2. The van der Waals surface area contributed by atoms with Crippen molar-refractivity contribution in [2.75, 3.05) is 32.0 Å². The van der Waals surface area contributed by atoms with Crippen LogP contribution >= 0.6 is 0 Å². The number of nitrogens with one attached hydrogen (secondary N) is 2. The lowest BCUT2D eigenvalue weighted by Gasteiger charge is -2.31. The van der Waals surface area contributed by atoms with E-state index in [4.69, 9.17) is 5.26 Å². The maximum absolute atomic E-state index is 13.2. The van der Waals surface area contributed by atoms with E-state index in [1.807, 2.05) is 36.4 Å². The van der Waals surface area contributed by atoms with E-state index in [-0.39, 0.29) is 23.6 Å². The standard InChI is InChI=1S/C28H38N6O2.C8H10/c1-33-15-8-20(9-16-33)10-17-34-24-5-3-2-4-22(24)25(32-27(34)36)31-23(26(35)30-14-13-29)19-28-11-6-21(18-28)7-12-28;1-2-8-6-4-3-5-7-8/h2-5,20-21,23H,6-12,14-19H2,1H3,(H,30,35)(H,31,32,36);3-7H,2H2,1H3/t21?,23-,28?;/m0./s1. The average Bonchev–Trinajstić information content (AvgIpc) is 3.66. The van der Waals surface area contributed by atoms with Crippen LogP contribution in [0.1, 0.15) is 70.3 Å². The van der Waals surface area contributed by atoms with Gasteiger partial charge in [-0.05, 0) is 119 Å². The zero-order valence-electron chi connectivity index (χ0n) is 26.4. The Morgan fingerprint density at radius 1 is 1.07 bits per heavy atom. The molecule has 2 saturated carbocycles. The van der Waals surface area contributed by atoms with Crippen molar-refractivity contribution >= 4 is 22.6 Å². The first-order valence-electron chi connectivity index (χ1n) is 16.5. The molecule has 1 aromatic heterocycles. The molecule has 1 amide bonds. The molecule has 44 heavy (non-hydrogen) atoms. The summed E-state index contributed by atoms with van der Waals surface area (Å²) in [6.07, 6.45) is 11.1. The number of fused-ring (bicyclic) bond motifs is 3. The third-order valence-electron chi connectivity index (χ3n) is 10.2. The van der Waals surface area contributed by atoms with Gasteiger partial charge in [-0.25, -0.2) is 4.79 Å². The summed E-state index contributed by atoms with van der Waals surface area (Å²) >= 11 is 0. The summed E-state index contributed by atoms with van der Waals surface area (Å²) in [5, 5.41) is 16.0. The number of hydrogen-bond donors (Lipinski definition) is 2. The van der Waals surface area contributed by atoms with Gasteiger partial charge in [-0.2, -0.15) is 10.2 Å². The number of nitriles is 1. The summed E-state index contributed by atoms with van der Waals surface area (Å²) < 4.78 is 1.79. The number of aryl methyl sites for hydroxylation is 2. The maximum Gasteiger partial charge on any atom is 0.350 e. The van der Waals surface area contributed by atoms with Crippen molar-refractivity contribution in [2.45, 2.75) is 83.7 Å². The van der Waals surface area contributed by atoms with E-state index < -0.39 is 6.04 Å². The van der Waals surface area contributed by atoms with E-state index in [0.29, 0.717) is 24.7 Å². The van der Waals surface area contributed by atoms with Crippen LogP contribution in [0.15, 0.2) is 59.4 Å². The second-order valence-electron chi connectivity index (χ2n) is 13.2. The van der Waals surface area contributed by atoms with Crippen molar-refractivity contribution in [2.24, 2.45) is 17.3 Å². The monoisotopic (exact) mass is 596 g/mol. The van der Waals surface area contributed by atoms with Crippen molar-refractivity contribution in [3.63, 3.8) is 0 Å².